The van der Waals surface area contributed by atoms with Crippen LogP contribution in [0.1, 0.15) is 48.6 Å². The maximum Gasteiger partial charge on any atom is 0.329 e. The molecule has 6 N–H and O–H groups in total. The summed E-state index contributed by atoms with van der Waals surface area (Å²) in [5, 5.41) is 15.3. The lowest BCUT2D eigenvalue weighted by molar-refractivity contribution is -0.140. The molecule has 0 radical (unpaired) electrons. The molecule has 2 aromatic heterocycles. The Balaban J connectivity index is 1.47. The Morgan fingerprint density at radius 2 is 2.00 bits per heavy atom. The highest BCUT2D eigenvalue weighted by Crippen LogP contribution is 2.32. The Bertz CT molecular complexity index is 1210. The molecule has 1 unspecified atom stereocenters. The van der Waals surface area contributed by atoms with Gasteiger partial charge in [-0.15, -0.1) is 10.2 Å². The molecule has 33 heavy (non-hydrogen) atoms. The number of nitrogens with two attached hydrogens (primary N) is 2. The number of nitrogens with one attached hydrogen (secondary N) is 2. The number of hydrogen-bond donors (Lipinski definition) is 4. The van der Waals surface area contributed by atoms with Gasteiger partial charge in [-0.25, -0.2) is 4.79 Å². The smallest absolute Gasteiger partial charge is 0.329 e. The normalized spacial score (nSPS) is 22.8. The van der Waals surface area contributed by atoms with Crippen LogP contribution in [0.5, 0.6) is 0 Å². The van der Waals surface area contributed by atoms with Crippen LogP contribution in [0, 0.1) is 0 Å². The van der Waals surface area contributed by atoms with Crippen LogP contribution in [-0.4, -0.2) is 50.3 Å². The van der Waals surface area contributed by atoms with Gasteiger partial charge in [-0.05, 0) is 31.0 Å². The molecule has 5 rings (SSSR count). The number of esters is 1. The molecular weight excluding hydrogens is 424 g/mol. The zero-order valence-electron chi connectivity index (χ0n) is 18.0. The Morgan fingerprint density at radius 3 is 2.76 bits per heavy atom. The topological polar surface area (TPSA) is 163 Å². The number of hydrogen-bond acceptors (Lipinski definition) is 9. The van der Waals surface area contributed by atoms with Gasteiger partial charge in [-0.3, -0.25) is 4.79 Å². The zero-order valence-corrected chi connectivity index (χ0v) is 18.0. The summed E-state index contributed by atoms with van der Waals surface area (Å²) >= 11 is 0. The van der Waals surface area contributed by atoms with E-state index < -0.39 is 5.91 Å². The van der Waals surface area contributed by atoms with Gasteiger partial charge >= 0.3 is 5.97 Å². The van der Waals surface area contributed by atoms with Crippen LogP contribution >= 0.6 is 0 Å². The van der Waals surface area contributed by atoms with Gasteiger partial charge < -0.3 is 31.4 Å². The monoisotopic (exact) mass is 450 g/mol. The Hall–Kier alpha value is -3.73. The molecule has 3 aromatic rings. The lowest BCUT2D eigenvalue weighted by atomic mass is 9.91. The first-order chi connectivity index (χ1) is 16.0. The number of carbonyl (C=O) groups excluding carboxylic acids is 2. The molecule has 2 aliphatic rings. The third-order valence-corrected chi connectivity index (χ3v) is 6.31. The van der Waals surface area contributed by atoms with E-state index in [1.54, 1.807) is 0 Å². The third-order valence-electron chi connectivity index (χ3n) is 6.31. The van der Waals surface area contributed by atoms with Crippen molar-refractivity contribution in [3.63, 3.8) is 0 Å². The number of rotatable bonds is 6. The fourth-order valence-corrected chi connectivity index (χ4v) is 4.58. The molecule has 1 saturated carbocycles. The average Bonchev–Trinajstić information content (AvgIpc) is 3.41. The number of ether oxygens (including phenoxy) is 1. The van der Waals surface area contributed by atoms with Crippen molar-refractivity contribution < 1.29 is 14.3 Å². The molecular formula is C22H26N8O3. The molecule has 0 bridgehead atoms. The second-order valence-corrected chi connectivity index (χ2v) is 8.45. The van der Waals surface area contributed by atoms with Gasteiger partial charge in [0.2, 0.25) is 5.95 Å². The Morgan fingerprint density at radius 1 is 1.15 bits per heavy atom. The zero-order chi connectivity index (χ0) is 22.9. The number of primary amides is 1. The number of benzene rings is 1. The summed E-state index contributed by atoms with van der Waals surface area (Å²) in [6, 6.07) is 7.24. The first kappa shape index (κ1) is 21.1. The van der Waals surface area contributed by atoms with Crippen molar-refractivity contribution in [1.29, 1.82) is 0 Å². The van der Waals surface area contributed by atoms with Crippen molar-refractivity contribution in [2.24, 2.45) is 11.5 Å². The van der Waals surface area contributed by atoms with E-state index in [4.69, 9.17) is 16.2 Å². The van der Waals surface area contributed by atoms with Crippen LogP contribution in [-0.2, 0) is 9.53 Å². The minimum Gasteiger partial charge on any atom is -0.464 e. The average molecular weight is 451 g/mol. The Kier molecular flexibility index (Phi) is 5.55. The van der Waals surface area contributed by atoms with Crippen molar-refractivity contribution >= 4 is 40.2 Å². The number of aromatic nitrogens is 4. The summed E-state index contributed by atoms with van der Waals surface area (Å²) in [4.78, 5) is 28.6. The second kappa shape index (κ2) is 8.66. The second-order valence-electron chi connectivity index (χ2n) is 8.45. The number of carbonyl (C=O) groups is 2. The van der Waals surface area contributed by atoms with Crippen molar-refractivity contribution in [2.45, 2.75) is 50.2 Å². The lowest BCUT2D eigenvalue weighted by Crippen LogP contribution is -2.43. The van der Waals surface area contributed by atoms with E-state index in [-0.39, 0.29) is 41.6 Å². The summed E-state index contributed by atoms with van der Waals surface area (Å²) in [5.41, 5.74) is 13.2. The van der Waals surface area contributed by atoms with Gasteiger partial charge in [0.05, 0.1) is 12.1 Å². The molecule has 2 fully saturated rings. The lowest BCUT2D eigenvalue weighted by Gasteiger charge is -2.29. The summed E-state index contributed by atoms with van der Waals surface area (Å²) in [6.07, 6.45) is 6.52. The van der Waals surface area contributed by atoms with Crippen LogP contribution in [0.15, 0.2) is 30.5 Å². The largest absolute Gasteiger partial charge is 0.464 e. The number of cyclic esters (lactones) is 1. The quantitative estimate of drug-likeness (QED) is 0.410. The predicted octanol–water partition coefficient (Wildman–Crippen LogP) is 1.84. The van der Waals surface area contributed by atoms with Crippen molar-refractivity contribution in [3.05, 3.63) is 36.2 Å². The summed E-state index contributed by atoms with van der Waals surface area (Å²) in [6.45, 7) is 0.413. The summed E-state index contributed by atoms with van der Waals surface area (Å²) in [5.74, 6) is -0.497. The number of fused-ring (bicyclic) bond motifs is 1. The van der Waals surface area contributed by atoms with E-state index in [9.17, 15) is 9.59 Å². The van der Waals surface area contributed by atoms with Gasteiger partial charge in [-0.2, -0.15) is 4.98 Å². The van der Waals surface area contributed by atoms with Gasteiger partial charge in [0.1, 0.15) is 6.04 Å². The molecule has 0 spiro atoms. The standard InChI is InChI=1S/C22H26N8O3/c23-13-4-1-2-5-15(13)26-22-27-20(18(19(24)31)28-29-22)25-14-6-3-7-16-12(14)8-10-30(16)17-9-11-33-21(17)32/h3,6-8,10,13,15,17H,1-2,4-5,9,11,23H2,(H2,24,31)(H2,25,26,27,29)/t13-,15+,17?/m0/s1. The van der Waals surface area contributed by atoms with Gasteiger partial charge in [0.25, 0.3) is 5.91 Å². The molecule has 11 nitrogen and oxygen atoms in total. The molecule has 172 valence electrons. The summed E-state index contributed by atoms with van der Waals surface area (Å²) < 4.78 is 7.02. The van der Waals surface area contributed by atoms with Crippen molar-refractivity contribution in [3.8, 4) is 0 Å². The van der Waals surface area contributed by atoms with E-state index in [0.29, 0.717) is 18.7 Å². The number of anilines is 3. The van der Waals surface area contributed by atoms with E-state index in [1.807, 2.05) is 35.0 Å². The highest BCUT2D eigenvalue weighted by Gasteiger charge is 2.29. The van der Waals surface area contributed by atoms with Crippen LogP contribution in [0.2, 0.25) is 0 Å². The molecule has 1 saturated heterocycles. The van der Waals surface area contributed by atoms with Gasteiger partial charge in [0, 0.05) is 35.8 Å². The van der Waals surface area contributed by atoms with Crippen molar-refractivity contribution in [2.75, 3.05) is 17.2 Å². The van der Waals surface area contributed by atoms with E-state index in [2.05, 4.69) is 25.8 Å². The fourth-order valence-electron chi connectivity index (χ4n) is 4.58. The van der Waals surface area contributed by atoms with Crippen LogP contribution < -0.4 is 22.1 Å². The molecule has 1 aliphatic carbocycles. The minimum atomic E-state index is -0.739. The van der Waals surface area contributed by atoms with Crippen molar-refractivity contribution in [1.82, 2.24) is 19.7 Å². The van der Waals surface area contributed by atoms with Crippen LogP contribution in [0.25, 0.3) is 10.9 Å². The first-order valence-corrected chi connectivity index (χ1v) is 11.1. The summed E-state index contributed by atoms with van der Waals surface area (Å²) in [7, 11) is 0. The number of nitrogens with zero attached hydrogens (tertiary/aromatic N) is 4. The molecule has 1 amide bonds. The number of amides is 1. The molecule has 3 atom stereocenters. The van der Waals surface area contributed by atoms with E-state index >= 15 is 0 Å². The highest BCUT2D eigenvalue weighted by molar-refractivity contribution is 5.99. The maximum atomic E-state index is 12.1. The van der Waals surface area contributed by atoms with Crippen LogP contribution in [0.3, 0.4) is 0 Å². The molecule has 1 aliphatic heterocycles. The fraction of sp³-hybridized carbons (Fsp3) is 0.409. The van der Waals surface area contributed by atoms with E-state index in [1.165, 1.54) is 0 Å². The Labute approximate surface area is 189 Å². The van der Waals surface area contributed by atoms with Gasteiger partial charge in [-0.1, -0.05) is 18.9 Å². The highest BCUT2D eigenvalue weighted by atomic mass is 16.5. The SMILES string of the molecule is NC(=O)c1nnc(N[C@@H]2CCCC[C@@H]2N)nc1Nc1cccc2c1ccn2C1CCOC1=O. The van der Waals surface area contributed by atoms with Crippen LogP contribution in [0.4, 0.5) is 17.5 Å². The van der Waals surface area contributed by atoms with E-state index in [0.717, 1.165) is 36.6 Å². The third kappa shape index (κ3) is 4.07. The maximum absolute atomic E-state index is 12.1. The molecule has 11 heteroatoms. The molecule has 3 heterocycles. The minimum absolute atomic E-state index is 0.00497. The molecule has 1 aromatic carbocycles. The predicted molar refractivity (Wildman–Crippen MR) is 122 cm³/mol. The first-order valence-electron chi connectivity index (χ1n) is 11.1. The van der Waals surface area contributed by atoms with Gasteiger partial charge in [0.15, 0.2) is 11.5 Å².